The quantitative estimate of drug-likeness (QED) is 0.0539. The lowest BCUT2D eigenvalue weighted by molar-refractivity contribution is -0.354. The van der Waals surface area contributed by atoms with Crippen LogP contribution in [0.3, 0.4) is 0 Å². The summed E-state index contributed by atoms with van der Waals surface area (Å²) in [5.41, 5.74) is -1.18. The number of methoxy groups -OCH3 is 3. The molecular weight excluding hydrogens is 924 g/mol. The number of phenolic OH excluding ortho intramolecular Hbond substituents is 3. The number of carbonyl (C=O) groups is 1. The Labute approximate surface area is 390 Å². The van der Waals surface area contributed by atoms with Crippen molar-refractivity contribution in [1.29, 1.82) is 0 Å². The maximum Gasteiger partial charge on any atom is 0.330 e. The zero-order chi connectivity index (χ0) is 50.2. The van der Waals surface area contributed by atoms with Crippen molar-refractivity contribution >= 4 is 23.0 Å². The summed E-state index contributed by atoms with van der Waals surface area (Å²) in [5, 5.41) is 117. The van der Waals surface area contributed by atoms with E-state index < -0.39 is 133 Å². The van der Waals surface area contributed by atoms with Gasteiger partial charge in [-0.05, 0) is 55.8 Å². The zero-order valence-corrected chi connectivity index (χ0v) is 37.3. The summed E-state index contributed by atoms with van der Waals surface area (Å²) in [6, 6.07) is 8.57. The summed E-state index contributed by atoms with van der Waals surface area (Å²) in [4.78, 5) is 27.7. The Hall–Kier alpha value is -6.00. The topological polar surface area (TPSA) is 362 Å². The van der Waals surface area contributed by atoms with Crippen molar-refractivity contribution in [3.63, 3.8) is 0 Å². The first kappa shape index (κ1) is 50.9. The average Bonchev–Trinajstić information content (AvgIpc) is 3.32. The van der Waals surface area contributed by atoms with Gasteiger partial charge in [0, 0.05) is 23.8 Å². The number of aliphatic hydroxyl groups is 8. The largest absolute Gasteiger partial charge is 0.507 e. The molecule has 0 radical (unpaired) electrons. The minimum Gasteiger partial charge on any atom is -0.507 e. The number of rotatable bonds is 14. The third kappa shape index (κ3) is 10.3. The van der Waals surface area contributed by atoms with Crippen LogP contribution in [0.25, 0.3) is 28.4 Å². The van der Waals surface area contributed by atoms with Crippen LogP contribution in [0.15, 0.2) is 57.8 Å². The fourth-order valence-electron chi connectivity index (χ4n) is 7.75. The SMILES string of the molecule is COc1cc(-c2oc3cc(O[C@@H]4OC(C)[C@H](O)C(O)C4O)cc(O)c3c(=O)c2O[C@@H]2OC(COC(=O)/C=C/c3cc(OC)c(O)c(OC)c3)[C@@H](O)C(O)C2O[C@@H]2OC(C)[C@H](O)C(O)C2O)ccc1O. The zero-order valence-electron chi connectivity index (χ0n) is 37.3. The Balaban J connectivity index is 1.26. The monoisotopic (exact) mass is 976 g/mol. The number of hydrogen-bond donors (Lipinski definition) is 11. The van der Waals surface area contributed by atoms with Gasteiger partial charge in [0.25, 0.3) is 0 Å². The minimum atomic E-state index is -2.09. The van der Waals surface area contributed by atoms with Crippen LogP contribution in [0.2, 0.25) is 0 Å². The number of phenols is 3. The lowest BCUT2D eigenvalue weighted by Gasteiger charge is -2.45. The second-order valence-corrected chi connectivity index (χ2v) is 16.3. The molecule has 3 fully saturated rings. The molecule has 7 rings (SSSR count). The van der Waals surface area contributed by atoms with Gasteiger partial charge in [0.05, 0.1) is 33.5 Å². The fraction of sp³-hybridized carbons (Fsp3) is 0.467. The van der Waals surface area contributed by atoms with Crippen LogP contribution < -0.4 is 29.1 Å². The maximum atomic E-state index is 14.7. The molecule has 15 atom stereocenters. The van der Waals surface area contributed by atoms with Crippen molar-refractivity contribution in [1.82, 2.24) is 0 Å². The number of ether oxygens (including phenoxy) is 10. The van der Waals surface area contributed by atoms with Crippen LogP contribution in [0, 0.1) is 0 Å². The highest BCUT2D eigenvalue weighted by atomic mass is 16.8. The number of fused-ring (bicyclic) bond motifs is 1. The maximum absolute atomic E-state index is 14.7. The lowest BCUT2D eigenvalue weighted by Crippen LogP contribution is -2.64. The van der Waals surface area contributed by atoms with E-state index in [1.807, 2.05) is 0 Å². The van der Waals surface area contributed by atoms with Gasteiger partial charge >= 0.3 is 5.97 Å². The Kier molecular flexibility index (Phi) is 15.4. The van der Waals surface area contributed by atoms with E-state index in [-0.39, 0.29) is 45.6 Å². The van der Waals surface area contributed by atoms with E-state index in [9.17, 15) is 65.8 Å². The van der Waals surface area contributed by atoms with Crippen molar-refractivity contribution in [2.24, 2.45) is 0 Å². The Bertz CT molecular complexity index is 2540. The molecule has 3 aliphatic heterocycles. The number of aromatic hydroxyl groups is 3. The van der Waals surface area contributed by atoms with Gasteiger partial charge in [0.2, 0.25) is 29.5 Å². The van der Waals surface area contributed by atoms with Gasteiger partial charge in [-0.2, -0.15) is 0 Å². The van der Waals surface area contributed by atoms with Gasteiger partial charge < -0.3 is 108 Å². The van der Waals surface area contributed by atoms with Crippen molar-refractivity contribution in [2.45, 2.75) is 106 Å². The van der Waals surface area contributed by atoms with Crippen LogP contribution in [0.5, 0.6) is 46.0 Å². The van der Waals surface area contributed by atoms with Crippen molar-refractivity contribution in [2.75, 3.05) is 27.9 Å². The van der Waals surface area contributed by atoms with Crippen molar-refractivity contribution < 1.29 is 113 Å². The highest BCUT2D eigenvalue weighted by molar-refractivity contribution is 5.89. The molecule has 9 unspecified atom stereocenters. The number of hydrogen-bond acceptors (Lipinski definition) is 24. The number of carbonyl (C=O) groups excluding carboxylic acids is 1. The molecule has 376 valence electrons. The van der Waals surface area contributed by atoms with E-state index in [4.69, 9.17) is 51.8 Å². The first-order valence-electron chi connectivity index (χ1n) is 21.2. The molecular formula is C45H52O24. The van der Waals surface area contributed by atoms with Crippen LogP contribution >= 0.6 is 0 Å². The van der Waals surface area contributed by atoms with Gasteiger partial charge in [-0.3, -0.25) is 4.79 Å². The first-order chi connectivity index (χ1) is 32.8. The molecule has 0 spiro atoms. The van der Waals surface area contributed by atoms with Gasteiger partial charge in [0.1, 0.15) is 84.0 Å². The van der Waals surface area contributed by atoms with Crippen molar-refractivity contribution in [3.8, 4) is 57.3 Å². The van der Waals surface area contributed by atoms with Crippen LogP contribution in [0.1, 0.15) is 19.4 Å². The number of esters is 1. The highest BCUT2D eigenvalue weighted by Crippen LogP contribution is 2.42. The lowest BCUT2D eigenvalue weighted by atomic mass is 9.97. The Morgan fingerprint density at radius 1 is 0.652 bits per heavy atom. The molecule has 4 heterocycles. The van der Waals surface area contributed by atoms with E-state index in [1.54, 1.807) is 0 Å². The molecule has 0 amide bonds. The molecule has 0 bridgehead atoms. The summed E-state index contributed by atoms with van der Waals surface area (Å²) >= 11 is 0. The summed E-state index contributed by atoms with van der Waals surface area (Å²) in [7, 11) is 3.85. The molecule has 3 aliphatic rings. The van der Waals surface area contributed by atoms with Gasteiger partial charge in [-0.25, -0.2) is 4.79 Å². The van der Waals surface area contributed by atoms with Gasteiger partial charge in [0.15, 0.2) is 41.2 Å². The van der Waals surface area contributed by atoms with Gasteiger partial charge in [-0.1, -0.05) is 0 Å². The van der Waals surface area contributed by atoms with E-state index in [0.717, 1.165) is 18.2 Å². The summed E-state index contributed by atoms with van der Waals surface area (Å²) in [5.74, 6) is -3.93. The number of benzene rings is 3. The van der Waals surface area contributed by atoms with E-state index in [1.165, 1.54) is 71.6 Å². The third-order valence-corrected chi connectivity index (χ3v) is 11.7. The molecule has 0 saturated carbocycles. The standard InChI is InChI=1S/C45H52O24/c1-16-30(49)35(54)38(57)43(63-16)65-20-13-22(47)29-24(14-20)66-40(19-7-8-21(46)23(12-19)59-3)41(34(29)53)68-45-42(69-44-39(58)36(55)31(50)17(2)64-44)37(56)33(52)27(67-45)15-62-28(48)9-6-18-10-25(60-4)32(51)26(11-18)61-5/h6-14,16-17,27,30-31,33,35-39,42-47,49-52,54-58H,15H2,1-5H3/b9-6+/t16?,17?,27?,30-,31-,33+,35?,36?,37?,38?,39?,42?,43-,44-,45-/m0/s1. The van der Waals surface area contributed by atoms with Crippen LogP contribution in [-0.2, 0) is 28.5 Å². The molecule has 1 aromatic heterocycles. The second kappa shape index (κ2) is 20.9. The smallest absolute Gasteiger partial charge is 0.330 e. The average molecular weight is 977 g/mol. The van der Waals surface area contributed by atoms with Gasteiger partial charge in [-0.15, -0.1) is 0 Å². The predicted molar refractivity (Wildman–Crippen MR) is 231 cm³/mol. The van der Waals surface area contributed by atoms with E-state index >= 15 is 0 Å². The van der Waals surface area contributed by atoms with Crippen molar-refractivity contribution in [3.05, 3.63) is 64.3 Å². The summed E-state index contributed by atoms with van der Waals surface area (Å²) in [6.07, 6.45) is -23.3. The summed E-state index contributed by atoms with van der Waals surface area (Å²) < 4.78 is 62.0. The molecule has 0 aliphatic carbocycles. The van der Waals surface area contributed by atoms with E-state index in [0.29, 0.717) is 5.56 Å². The Morgan fingerprint density at radius 3 is 1.88 bits per heavy atom. The Morgan fingerprint density at radius 2 is 1.26 bits per heavy atom. The first-order valence-corrected chi connectivity index (χ1v) is 21.2. The molecule has 3 saturated heterocycles. The predicted octanol–water partition coefficient (Wildman–Crippen LogP) is -0.896. The fourth-order valence-corrected chi connectivity index (χ4v) is 7.75. The van der Waals surface area contributed by atoms with E-state index in [2.05, 4.69) is 0 Å². The third-order valence-electron chi connectivity index (χ3n) is 11.7. The molecule has 3 aromatic carbocycles. The molecule has 24 nitrogen and oxygen atoms in total. The summed E-state index contributed by atoms with van der Waals surface area (Å²) in [6.45, 7) is 1.98. The normalized spacial score (nSPS) is 31.6. The highest BCUT2D eigenvalue weighted by Gasteiger charge is 2.52. The molecule has 4 aromatic rings. The molecule has 69 heavy (non-hydrogen) atoms. The minimum absolute atomic E-state index is 0.0200. The van der Waals surface area contributed by atoms with Crippen LogP contribution in [-0.4, -0.2) is 182 Å². The van der Waals surface area contributed by atoms with Crippen LogP contribution in [0.4, 0.5) is 0 Å². The molecule has 11 N–H and O–H groups in total. The second-order valence-electron chi connectivity index (χ2n) is 16.3. The number of aliphatic hydroxyl groups excluding tert-OH is 8. The molecule has 24 heteroatoms.